The lowest BCUT2D eigenvalue weighted by Gasteiger charge is -2.08. The van der Waals surface area contributed by atoms with Crippen LogP contribution in [0.3, 0.4) is 0 Å². The van der Waals surface area contributed by atoms with Crippen molar-refractivity contribution in [2.75, 3.05) is 6.61 Å². The summed E-state index contributed by atoms with van der Waals surface area (Å²) >= 11 is 16.3. The first kappa shape index (κ1) is 15.3. The van der Waals surface area contributed by atoms with Crippen LogP contribution in [-0.2, 0) is 9.53 Å². The first-order valence-corrected chi connectivity index (χ1v) is 5.33. The average molecular weight is 287 g/mol. The molecule has 0 aromatic carbocycles. The lowest BCUT2D eigenvalue weighted by molar-refractivity contribution is -0.138. The zero-order valence-corrected chi connectivity index (χ0v) is 10.9. The summed E-state index contributed by atoms with van der Waals surface area (Å²) in [6.45, 7) is 3.01. The fourth-order valence-electron chi connectivity index (χ4n) is 0.830. The normalized spacial score (nSPS) is 11.6. The van der Waals surface area contributed by atoms with E-state index in [9.17, 15) is 9.90 Å². The molecular weight excluding hydrogens is 276 g/mol. The lowest BCUT2D eigenvalue weighted by atomic mass is 10.1. The maximum Gasteiger partial charge on any atom is 0.343 e. The lowest BCUT2D eigenvalue weighted by Crippen LogP contribution is -2.16. The first-order chi connectivity index (χ1) is 7.32. The van der Waals surface area contributed by atoms with Crippen LogP contribution in [0.1, 0.15) is 13.8 Å². The summed E-state index contributed by atoms with van der Waals surface area (Å²) in [5.41, 5.74) is -0.575. The van der Waals surface area contributed by atoms with E-state index in [1.54, 1.807) is 6.92 Å². The van der Waals surface area contributed by atoms with E-state index in [4.69, 9.17) is 40.2 Å². The van der Waals surface area contributed by atoms with Crippen LogP contribution in [0.5, 0.6) is 0 Å². The molecule has 0 unspecified atom stereocenters. The second-order valence-electron chi connectivity index (χ2n) is 2.64. The van der Waals surface area contributed by atoms with Crippen molar-refractivity contribution in [3.63, 3.8) is 0 Å². The van der Waals surface area contributed by atoms with E-state index < -0.39 is 21.3 Å². The Kier molecular flexibility index (Phi) is 6.48. The molecule has 4 nitrogen and oxygen atoms in total. The number of hydrogen-bond acceptors (Lipinski definition) is 4. The molecule has 16 heavy (non-hydrogen) atoms. The highest BCUT2D eigenvalue weighted by Gasteiger charge is 2.21. The van der Waals surface area contributed by atoms with Crippen molar-refractivity contribution in [3.8, 4) is 0 Å². The second kappa shape index (κ2) is 6.78. The van der Waals surface area contributed by atoms with E-state index >= 15 is 0 Å². The molecule has 0 aliphatic rings. The summed E-state index contributed by atoms with van der Waals surface area (Å²) in [5, 5.41) is 16.5. The fourth-order valence-corrected chi connectivity index (χ4v) is 1.10. The Hall–Kier alpha value is -0.710. The van der Waals surface area contributed by atoms with Crippen molar-refractivity contribution >= 4 is 46.5 Å². The van der Waals surface area contributed by atoms with Gasteiger partial charge in [-0.15, -0.1) is 0 Å². The molecule has 90 valence electrons. The van der Waals surface area contributed by atoms with Crippen LogP contribution in [0.25, 0.3) is 0 Å². The van der Waals surface area contributed by atoms with Crippen molar-refractivity contribution in [1.29, 1.82) is 5.41 Å². The summed E-state index contributed by atoms with van der Waals surface area (Å²) in [7, 11) is 0. The van der Waals surface area contributed by atoms with Crippen molar-refractivity contribution in [3.05, 3.63) is 20.9 Å². The van der Waals surface area contributed by atoms with Gasteiger partial charge < -0.3 is 15.3 Å². The minimum atomic E-state index is -0.861. The molecular formula is C9H10Cl3NO3. The summed E-state index contributed by atoms with van der Waals surface area (Å²) in [6.07, 6.45) is 0. The monoisotopic (exact) mass is 285 g/mol. The summed E-state index contributed by atoms with van der Waals surface area (Å²) < 4.78 is 4.25. The van der Waals surface area contributed by atoms with Crippen LogP contribution in [0.4, 0.5) is 0 Å². The third kappa shape index (κ3) is 4.04. The number of aliphatic hydroxyl groups excluding tert-OH is 1. The van der Waals surface area contributed by atoms with Gasteiger partial charge in [0.15, 0.2) is 5.76 Å². The molecule has 0 aromatic heterocycles. The molecule has 0 spiro atoms. The van der Waals surface area contributed by atoms with Gasteiger partial charge in [0, 0.05) is 5.71 Å². The minimum Gasteiger partial charge on any atom is -0.505 e. The van der Waals surface area contributed by atoms with Gasteiger partial charge in [-0.2, -0.15) is 0 Å². The number of carbonyl (C=O) groups is 1. The van der Waals surface area contributed by atoms with Crippen LogP contribution in [0, 0.1) is 5.41 Å². The number of nitrogens with one attached hydrogen (secondary N) is 1. The summed E-state index contributed by atoms with van der Waals surface area (Å²) in [4.78, 5) is 11.4. The Bertz CT molecular complexity index is 370. The molecule has 0 amide bonds. The van der Waals surface area contributed by atoms with E-state index in [-0.39, 0.29) is 17.9 Å². The molecule has 0 saturated heterocycles. The molecule has 7 heteroatoms. The van der Waals surface area contributed by atoms with Crippen molar-refractivity contribution in [2.45, 2.75) is 13.8 Å². The summed E-state index contributed by atoms with van der Waals surface area (Å²) in [6, 6.07) is 0. The molecule has 0 rings (SSSR count). The first-order valence-electron chi connectivity index (χ1n) is 4.19. The average Bonchev–Trinajstić information content (AvgIpc) is 2.16. The SMILES string of the molecule is CCOC(=O)C(C(C)=N)=C(O)C(Cl)=C(Cl)Cl. The molecule has 0 bridgehead atoms. The van der Waals surface area contributed by atoms with Crippen LogP contribution >= 0.6 is 34.8 Å². The van der Waals surface area contributed by atoms with Gasteiger partial charge in [0.2, 0.25) is 0 Å². The third-order valence-electron chi connectivity index (χ3n) is 1.47. The number of allylic oxidation sites excluding steroid dienone is 1. The topological polar surface area (TPSA) is 70.4 Å². The van der Waals surface area contributed by atoms with Gasteiger partial charge in [0.05, 0.1) is 6.61 Å². The van der Waals surface area contributed by atoms with Gasteiger partial charge in [-0.25, -0.2) is 4.79 Å². The zero-order valence-electron chi connectivity index (χ0n) is 8.60. The molecule has 0 aliphatic heterocycles. The predicted octanol–water partition coefficient (Wildman–Crippen LogP) is 3.29. The quantitative estimate of drug-likeness (QED) is 0.274. The van der Waals surface area contributed by atoms with Gasteiger partial charge in [-0.3, -0.25) is 0 Å². The molecule has 0 aliphatic carbocycles. The number of hydrogen-bond donors (Lipinski definition) is 2. The van der Waals surface area contributed by atoms with E-state index in [1.165, 1.54) is 6.92 Å². The molecule has 0 saturated carbocycles. The van der Waals surface area contributed by atoms with Gasteiger partial charge in [-0.1, -0.05) is 34.8 Å². The third-order valence-corrected chi connectivity index (χ3v) is 2.40. The van der Waals surface area contributed by atoms with E-state index in [1.807, 2.05) is 0 Å². The highest BCUT2D eigenvalue weighted by molar-refractivity contribution is 6.60. The Morgan fingerprint density at radius 2 is 1.88 bits per heavy atom. The number of aliphatic hydroxyl groups is 1. The molecule has 0 heterocycles. The molecule has 0 fully saturated rings. The maximum absolute atomic E-state index is 11.4. The Balaban J connectivity index is 5.51. The van der Waals surface area contributed by atoms with Crippen molar-refractivity contribution in [2.24, 2.45) is 0 Å². The number of rotatable bonds is 4. The Labute approximate surface area is 108 Å². The van der Waals surface area contributed by atoms with Crippen molar-refractivity contribution in [1.82, 2.24) is 0 Å². The number of ether oxygens (including phenoxy) is 1. The van der Waals surface area contributed by atoms with E-state index in [0.717, 1.165) is 0 Å². The maximum atomic E-state index is 11.4. The fraction of sp³-hybridized carbons (Fsp3) is 0.333. The summed E-state index contributed by atoms with van der Waals surface area (Å²) in [5.74, 6) is -1.53. The van der Waals surface area contributed by atoms with Gasteiger partial charge in [0.1, 0.15) is 15.1 Å². The largest absolute Gasteiger partial charge is 0.505 e. The predicted molar refractivity (Wildman–Crippen MR) is 64.3 cm³/mol. The molecule has 2 N–H and O–H groups in total. The Morgan fingerprint density at radius 3 is 2.19 bits per heavy atom. The standard InChI is InChI=1S/C9H10Cl3NO3/c1-3-16-9(15)5(4(2)13)7(14)6(10)8(11)12/h13-14H,3H2,1-2H3. The van der Waals surface area contributed by atoms with Gasteiger partial charge >= 0.3 is 5.97 Å². The number of esters is 1. The van der Waals surface area contributed by atoms with Crippen LogP contribution in [0.2, 0.25) is 0 Å². The van der Waals surface area contributed by atoms with Crippen LogP contribution in [0.15, 0.2) is 20.9 Å². The van der Waals surface area contributed by atoms with E-state index in [0.29, 0.717) is 0 Å². The molecule has 0 aromatic rings. The highest BCUT2D eigenvalue weighted by atomic mass is 35.5. The Morgan fingerprint density at radius 1 is 1.38 bits per heavy atom. The van der Waals surface area contributed by atoms with Gasteiger partial charge in [-0.05, 0) is 13.8 Å². The second-order valence-corrected chi connectivity index (χ2v) is 3.97. The number of halogens is 3. The van der Waals surface area contributed by atoms with Crippen molar-refractivity contribution < 1.29 is 14.6 Å². The van der Waals surface area contributed by atoms with Crippen LogP contribution in [-0.4, -0.2) is 23.4 Å². The number of carbonyl (C=O) groups excluding carboxylic acids is 1. The molecule has 0 atom stereocenters. The van der Waals surface area contributed by atoms with Gasteiger partial charge in [0.25, 0.3) is 0 Å². The minimum absolute atomic E-state index is 0.110. The van der Waals surface area contributed by atoms with Crippen LogP contribution < -0.4 is 0 Å². The smallest absolute Gasteiger partial charge is 0.343 e. The van der Waals surface area contributed by atoms with E-state index in [2.05, 4.69) is 4.74 Å². The zero-order chi connectivity index (χ0) is 12.9. The highest BCUT2D eigenvalue weighted by Crippen LogP contribution is 2.26. The molecule has 0 radical (unpaired) electrons.